The number of benzene rings is 1. The van der Waals surface area contributed by atoms with Crippen LogP contribution in [0.25, 0.3) is 0 Å². The van der Waals surface area contributed by atoms with E-state index >= 15 is 0 Å². The molecule has 1 atom stereocenters. The highest BCUT2D eigenvalue weighted by atomic mass is 16.2. The second-order valence-electron chi connectivity index (χ2n) is 7.11. The summed E-state index contributed by atoms with van der Waals surface area (Å²) in [5.41, 5.74) is 3.91. The van der Waals surface area contributed by atoms with Gasteiger partial charge >= 0.3 is 6.03 Å². The van der Waals surface area contributed by atoms with Crippen LogP contribution < -0.4 is 10.2 Å². The number of anilines is 1. The van der Waals surface area contributed by atoms with Gasteiger partial charge in [-0.3, -0.25) is 14.7 Å². The molecule has 2 aliphatic heterocycles. The largest absolute Gasteiger partial charge is 0.348 e. The first-order valence-electron chi connectivity index (χ1n) is 9.62. The molecule has 0 saturated carbocycles. The van der Waals surface area contributed by atoms with Gasteiger partial charge in [0.15, 0.2) is 0 Å². The van der Waals surface area contributed by atoms with Crippen LogP contribution in [0, 0.1) is 0 Å². The Bertz CT molecular complexity index is 1060. The molecule has 2 aromatic heterocycles. The van der Waals surface area contributed by atoms with Gasteiger partial charge in [-0.15, -0.1) is 0 Å². The van der Waals surface area contributed by atoms with Crippen molar-refractivity contribution in [2.75, 3.05) is 24.5 Å². The number of hydrogen-bond donors (Lipinski definition) is 2. The number of pyridine rings is 1. The van der Waals surface area contributed by atoms with E-state index in [0.717, 1.165) is 22.8 Å². The second-order valence-corrected chi connectivity index (χ2v) is 7.11. The predicted molar refractivity (Wildman–Crippen MR) is 107 cm³/mol. The van der Waals surface area contributed by atoms with Crippen molar-refractivity contribution in [3.8, 4) is 0 Å². The Morgan fingerprint density at radius 3 is 2.83 bits per heavy atom. The first-order valence-corrected chi connectivity index (χ1v) is 9.62. The number of carbonyl (C=O) groups excluding carboxylic acids is 2. The van der Waals surface area contributed by atoms with Crippen molar-refractivity contribution in [2.45, 2.75) is 12.5 Å². The molecule has 29 heavy (non-hydrogen) atoms. The highest BCUT2D eigenvalue weighted by Gasteiger charge is 2.35. The summed E-state index contributed by atoms with van der Waals surface area (Å²) in [6.07, 6.45) is 4.10. The van der Waals surface area contributed by atoms with Crippen LogP contribution in [-0.4, -0.2) is 51.4 Å². The standard InChI is InChI=1S/C21H20N6O2/c28-20(14-4-3-5-15(12-14)26-11-9-23-21(26)29)27-10-7-16-18(25-13-24-16)19(27)17-6-1-2-8-22-17/h1-6,8,12-13,19H,7,9-11H2,(H,23,29)(H,24,25)/t19-/m1/s1. The van der Waals surface area contributed by atoms with E-state index in [0.29, 0.717) is 31.6 Å². The molecule has 0 bridgehead atoms. The first kappa shape index (κ1) is 17.4. The van der Waals surface area contributed by atoms with Crippen LogP contribution in [-0.2, 0) is 6.42 Å². The zero-order valence-electron chi connectivity index (χ0n) is 15.7. The SMILES string of the molecule is O=C1NCCN1c1cccc(C(=O)N2CCc3[nH]cnc3[C@H]2c2ccccn2)c1. The van der Waals surface area contributed by atoms with E-state index in [1.54, 1.807) is 29.6 Å². The molecule has 4 heterocycles. The van der Waals surface area contributed by atoms with Gasteiger partial charge in [-0.25, -0.2) is 9.78 Å². The van der Waals surface area contributed by atoms with Crippen LogP contribution in [0.4, 0.5) is 10.5 Å². The minimum atomic E-state index is -0.350. The summed E-state index contributed by atoms with van der Waals surface area (Å²) >= 11 is 0. The number of amides is 3. The molecule has 8 heteroatoms. The maximum Gasteiger partial charge on any atom is 0.321 e. The van der Waals surface area contributed by atoms with Crippen LogP contribution in [0.15, 0.2) is 55.0 Å². The predicted octanol–water partition coefficient (Wildman–Crippen LogP) is 2.12. The Morgan fingerprint density at radius 2 is 2.03 bits per heavy atom. The topological polar surface area (TPSA) is 94.2 Å². The Morgan fingerprint density at radius 1 is 1.10 bits per heavy atom. The van der Waals surface area contributed by atoms with Gasteiger partial charge in [0.1, 0.15) is 6.04 Å². The number of fused-ring (bicyclic) bond motifs is 1. The van der Waals surface area contributed by atoms with Gasteiger partial charge in [-0.1, -0.05) is 12.1 Å². The van der Waals surface area contributed by atoms with Gasteiger partial charge in [-0.2, -0.15) is 0 Å². The van der Waals surface area contributed by atoms with E-state index < -0.39 is 0 Å². The molecule has 0 aliphatic carbocycles. The lowest BCUT2D eigenvalue weighted by Gasteiger charge is -2.34. The molecule has 2 aliphatic rings. The van der Waals surface area contributed by atoms with E-state index in [1.807, 2.05) is 35.2 Å². The Kier molecular flexibility index (Phi) is 4.23. The maximum atomic E-state index is 13.5. The number of rotatable bonds is 3. The molecule has 1 fully saturated rings. The van der Waals surface area contributed by atoms with Crippen LogP contribution in [0.5, 0.6) is 0 Å². The number of imidazole rings is 1. The number of nitrogens with one attached hydrogen (secondary N) is 2. The van der Waals surface area contributed by atoms with Gasteiger partial charge in [-0.05, 0) is 30.3 Å². The average molecular weight is 388 g/mol. The molecule has 1 saturated heterocycles. The minimum absolute atomic E-state index is 0.101. The lowest BCUT2D eigenvalue weighted by atomic mass is 9.98. The molecule has 0 spiro atoms. The average Bonchev–Trinajstić information content (AvgIpc) is 3.42. The summed E-state index contributed by atoms with van der Waals surface area (Å²) in [5.74, 6) is -0.101. The summed E-state index contributed by atoms with van der Waals surface area (Å²) in [5, 5.41) is 2.79. The van der Waals surface area contributed by atoms with E-state index in [1.165, 1.54) is 0 Å². The molecule has 3 aromatic rings. The van der Waals surface area contributed by atoms with E-state index in [-0.39, 0.29) is 18.0 Å². The summed E-state index contributed by atoms with van der Waals surface area (Å²) < 4.78 is 0. The van der Waals surface area contributed by atoms with Crippen molar-refractivity contribution in [1.82, 2.24) is 25.2 Å². The number of hydrogen-bond acceptors (Lipinski definition) is 4. The van der Waals surface area contributed by atoms with E-state index in [4.69, 9.17) is 0 Å². The lowest BCUT2D eigenvalue weighted by Crippen LogP contribution is -2.41. The summed E-state index contributed by atoms with van der Waals surface area (Å²) in [6.45, 7) is 1.75. The van der Waals surface area contributed by atoms with Crippen molar-refractivity contribution >= 4 is 17.6 Å². The summed E-state index contributed by atoms with van der Waals surface area (Å²) in [4.78, 5) is 41.1. The Labute approximate surface area is 167 Å². The van der Waals surface area contributed by atoms with Crippen LogP contribution in [0.3, 0.4) is 0 Å². The normalized spacial score (nSPS) is 18.5. The number of urea groups is 1. The fraction of sp³-hybridized carbons (Fsp3) is 0.238. The highest BCUT2D eigenvalue weighted by molar-refractivity contribution is 5.98. The summed E-state index contributed by atoms with van der Waals surface area (Å²) in [6, 6.07) is 12.4. The van der Waals surface area contributed by atoms with Gasteiger partial charge in [0.05, 0.1) is 17.7 Å². The smallest absolute Gasteiger partial charge is 0.321 e. The minimum Gasteiger partial charge on any atom is -0.348 e. The van der Waals surface area contributed by atoms with Crippen molar-refractivity contribution in [2.24, 2.45) is 0 Å². The zero-order chi connectivity index (χ0) is 19.8. The highest BCUT2D eigenvalue weighted by Crippen LogP contribution is 2.33. The molecule has 8 nitrogen and oxygen atoms in total. The molecule has 1 aromatic carbocycles. The quantitative estimate of drug-likeness (QED) is 0.719. The third-order valence-corrected chi connectivity index (χ3v) is 5.42. The molecule has 0 unspecified atom stereocenters. The number of aromatic nitrogens is 3. The van der Waals surface area contributed by atoms with E-state index in [9.17, 15) is 9.59 Å². The summed E-state index contributed by atoms with van der Waals surface area (Å²) in [7, 11) is 0. The van der Waals surface area contributed by atoms with Gasteiger partial charge in [0.25, 0.3) is 5.91 Å². The third kappa shape index (κ3) is 3.02. The van der Waals surface area contributed by atoms with Crippen LogP contribution in [0.1, 0.15) is 33.5 Å². The van der Waals surface area contributed by atoms with Crippen molar-refractivity contribution in [1.29, 1.82) is 0 Å². The Hall–Kier alpha value is -3.68. The van der Waals surface area contributed by atoms with E-state index in [2.05, 4.69) is 20.3 Å². The van der Waals surface area contributed by atoms with Crippen LogP contribution >= 0.6 is 0 Å². The monoisotopic (exact) mass is 388 g/mol. The maximum absolute atomic E-state index is 13.5. The van der Waals surface area contributed by atoms with Crippen molar-refractivity contribution in [3.63, 3.8) is 0 Å². The number of nitrogens with zero attached hydrogens (tertiary/aromatic N) is 4. The first-order chi connectivity index (χ1) is 14.2. The van der Waals surface area contributed by atoms with Crippen molar-refractivity contribution < 1.29 is 9.59 Å². The molecule has 3 amide bonds. The lowest BCUT2D eigenvalue weighted by molar-refractivity contribution is 0.0687. The third-order valence-electron chi connectivity index (χ3n) is 5.42. The number of carbonyl (C=O) groups is 2. The fourth-order valence-corrected chi connectivity index (χ4v) is 4.02. The molecular formula is C21H20N6O2. The molecule has 0 radical (unpaired) electrons. The molecular weight excluding hydrogens is 368 g/mol. The number of aromatic amines is 1. The molecule has 5 rings (SSSR count). The molecule has 2 N–H and O–H groups in total. The van der Waals surface area contributed by atoms with Crippen LogP contribution in [0.2, 0.25) is 0 Å². The molecule has 146 valence electrons. The van der Waals surface area contributed by atoms with Gasteiger partial charge in [0, 0.05) is 49.2 Å². The Balaban J connectivity index is 1.51. The van der Waals surface area contributed by atoms with Gasteiger partial charge < -0.3 is 15.2 Å². The zero-order valence-corrected chi connectivity index (χ0v) is 15.7. The second kappa shape index (κ2) is 7.05. The number of H-pyrrole nitrogens is 1. The van der Waals surface area contributed by atoms with Gasteiger partial charge in [0.2, 0.25) is 0 Å². The fourth-order valence-electron chi connectivity index (χ4n) is 4.02. The van der Waals surface area contributed by atoms with Crippen molar-refractivity contribution in [3.05, 3.63) is 77.6 Å².